The standard InChI is InChI=1S/C15H15FN4O3/c1-23-13-7-2-10(8-17-13)9-18-15(22)20-19-14(21)11-3-5-12(16)6-4-11/h2-8H,9H2,1H3,(H,19,21)(H2,18,20,22). The lowest BCUT2D eigenvalue weighted by Gasteiger charge is -2.09. The van der Waals surface area contributed by atoms with Gasteiger partial charge in [0, 0.05) is 24.4 Å². The summed E-state index contributed by atoms with van der Waals surface area (Å²) < 4.78 is 17.7. The van der Waals surface area contributed by atoms with E-state index in [0.717, 1.165) is 17.7 Å². The maximum atomic E-state index is 12.7. The van der Waals surface area contributed by atoms with E-state index in [-0.39, 0.29) is 12.1 Å². The van der Waals surface area contributed by atoms with Crippen LogP contribution in [0.1, 0.15) is 15.9 Å². The van der Waals surface area contributed by atoms with Gasteiger partial charge in [0.15, 0.2) is 0 Å². The molecule has 3 N–H and O–H groups in total. The predicted molar refractivity (Wildman–Crippen MR) is 80.0 cm³/mol. The highest BCUT2D eigenvalue weighted by Gasteiger charge is 2.07. The molecule has 0 aliphatic rings. The molecule has 8 heteroatoms. The molecule has 0 aliphatic carbocycles. The van der Waals surface area contributed by atoms with Crippen molar-refractivity contribution in [2.24, 2.45) is 0 Å². The van der Waals surface area contributed by atoms with Crippen molar-refractivity contribution in [1.82, 2.24) is 21.2 Å². The first kappa shape index (κ1) is 16.2. The zero-order valence-electron chi connectivity index (χ0n) is 12.3. The third-order valence-electron chi connectivity index (χ3n) is 2.86. The van der Waals surface area contributed by atoms with Crippen LogP contribution in [0.25, 0.3) is 0 Å². The van der Waals surface area contributed by atoms with Crippen LogP contribution in [0.3, 0.4) is 0 Å². The van der Waals surface area contributed by atoms with E-state index < -0.39 is 17.8 Å². The molecule has 0 atom stereocenters. The van der Waals surface area contributed by atoms with Gasteiger partial charge in [0.1, 0.15) is 5.82 Å². The average molecular weight is 318 g/mol. The molecule has 23 heavy (non-hydrogen) atoms. The monoisotopic (exact) mass is 318 g/mol. The van der Waals surface area contributed by atoms with Crippen LogP contribution < -0.4 is 20.9 Å². The van der Waals surface area contributed by atoms with Crippen LogP contribution in [0.4, 0.5) is 9.18 Å². The number of hydrazine groups is 1. The minimum atomic E-state index is -0.587. The van der Waals surface area contributed by atoms with Crippen LogP contribution in [0, 0.1) is 5.82 Å². The summed E-state index contributed by atoms with van der Waals surface area (Å²) in [6.07, 6.45) is 1.57. The largest absolute Gasteiger partial charge is 0.481 e. The first-order chi connectivity index (χ1) is 11.1. The summed E-state index contributed by atoms with van der Waals surface area (Å²) in [6, 6.07) is 7.78. The van der Waals surface area contributed by atoms with E-state index in [1.165, 1.54) is 19.2 Å². The molecule has 0 bridgehead atoms. The molecular weight excluding hydrogens is 303 g/mol. The number of urea groups is 1. The van der Waals surface area contributed by atoms with Gasteiger partial charge in [-0.1, -0.05) is 6.07 Å². The quantitative estimate of drug-likeness (QED) is 0.743. The molecule has 0 aliphatic heterocycles. The third kappa shape index (κ3) is 4.95. The van der Waals surface area contributed by atoms with Gasteiger partial charge in [0.25, 0.3) is 5.91 Å². The summed E-state index contributed by atoms with van der Waals surface area (Å²) in [6.45, 7) is 0.231. The van der Waals surface area contributed by atoms with Gasteiger partial charge in [0.05, 0.1) is 7.11 Å². The van der Waals surface area contributed by atoms with Crippen molar-refractivity contribution in [3.63, 3.8) is 0 Å². The van der Waals surface area contributed by atoms with E-state index in [9.17, 15) is 14.0 Å². The number of ether oxygens (including phenoxy) is 1. The molecule has 120 valence electrons. The highest BCUT2D eigenvalue weighted by atomic mass is 19.1. The molecule has 0 saturated heterocycles. The van der Waals surface area contributed by atoms with Crippen molar-refractivity contribution in [2.75, 3.05) is 7.11 Å². The lowest BCUT2D eigenvalue weighted by atomic mass is 10.2. The number of nitrogens with one attached hydrogen (secondary N) is 3. The number of hydrogen-bond acceptors (Lipinski definition) is 4. The molecule has 3 amide bonds. The Bertz CT molecular complexity index is 674. The van der Waals surface area contributed by atoms with E-state index in [2.05, 4.69) is 21.2 Å². The minimum Gasteiger partial charge on any atom is -0.481 e. The minimum absolute atomic E-state index is 0.228. The number of aromatic nitrogens is 1. The summed E-state index contributed by atoms with van der Waals surface area (Å²) in [4.78, 5) is 27.3. The topological polar surface area (TPSA) is 92.4 Å². The van der Waals surface area contributed by atoms with E-state index >= 15 is 0 Å². The maximum Gasteiger partial charge on any atom is 0.333 e. The Morgan fingerprint density at radius 1 is 1.13 bits per heavy atom. The van der Waals surface area contributed by atoms with Gasteiger partial charge in [-0.2, -0.15) is 0 Å². The van der Waals surface area contributed by atoms with Gasteiger partial charge >= 0.3 is 6.03 Å². The second-order valence-electron chi connectivity index (χ2n) is 4.48. The van der Waals surface area contributed by atoms with Gasteiger partial charge in [-0.25, -0.2) is 19.6 Å². The third-order valence-corrected chi connectivity index (χ3v) is 2.86. The zero-order chi connectivity index (χ0) is 16.7. The Labute approximate surface area is 131 Å². The molecule has 1 aromatic carbocycles. The molecule has 0 unspecified atom stereocenters. The van der Waals surface area contributed by atoms with Crippen LogP contribution in [-0.4, -0.2) is 24.0 Å². The van der Waals surface area contributed by atoms with Crippen molar-refractivity contribution in [3.8, 4) is 5.88 Å². The predicted octanol–water partition coefficient (Wildman–Crippen LogP) is 1.37. The van der Waals surface area contributed by atoms with Crippen LogP contribution in [0.15, 0.2) is 42.6 Å². The molecule has 1 heterocycles. The second kappa shape index (κ2) is 7.74. The summed E-state index contributed by atoms with van der Waals surface area (Å²) in [5.41, 5.74) is 5.41. The first-order valence-electron chi connectivity index (χ1n) is 6.67. The number of methoxy groups -OCH3 is 1. The number of nitrogens with zero attached hydrogens (tertiary/aromatic N) is 1. The summed E-state index contributed by atoms with van der Waals surface area (Å²) in [5, 5.41) is 2.55. The highest BCUT2D eigenvalue weighted by molar-refractivity contribution is 5.95. The molecule has 0 saturated carbocycles. The molecule has 7 nitrogen and oxygen atoms in total. The fourth-order valence-electron chi connectivity index (χ4n) is 1.65. The molecule has 2 rings (SSSR count). The van der Waals surface area contributed by atoms with Gasteiger partial charge < -0.3 is 10.1 Å². The number of rotatable bonds is 4. The summed E-state index contributed by atoms with van der Waals surface area (Å²) >= 11 is 0. The van der Waals surface area contributed by atoms with Crippen LogP contribution in [0.2, 0.25) is 0 Å². The van der Waals surface area contributed by atoms with E-state index in [1.807, 2.05) is 0 Å². The fourth-order valence-corrected chi connectivity index (χ4v) is 1.65. The Hall–Kier alpha value is -3.16. The second-order valence-corrected chi connectivity index (χ2v) is 4.48. The van der Waals surface area contributed by atoms with Gasteiger partial charge in [-0.3, -0.25) is 10.2 Å². The Kier molecular flexibility index (Phi) is 5.45. The van der Waals surface area contributed by atoms with E-state index in [0.29, 0.717) is 5.88 Å². The number of carbonyl (C=O) groups is 2. The Morgan fingerprint density at radius 3 is 2.48 bits per heavy atom. The molecule has 0 fully saturated rings. The van der Waals surface area contributed by atoms with Crippen molar-refractivity contribution in [3.05, 3.63) is 59.5 Å². The molecular formula is C15H15FN4O3. The van der Waals surface area contributed by atoms with E-state index in [4.69, 9.17) is 4.74 Å². The SMILES string of the molecule is COc1ccc(CNC(=O)NNC(=O)c2ccc(F)cc2)cn1. The molecule has 0 radical (unpaired) electrons. The number of pyridine rings is 1. The van der Waals surface area contributed by atoms with Gasteiger partial charge in [-0.05, 0) is 29.8 Å². The average Bonchev–Trinajstić information content (AvgIpc) is 2.59. The van der Waals surface area contributed by atoms with Crippen LogP contribution in [0.5, 0.6) is 5.88 Å². The molecule has 1 aromatic heterocycles. The van der Waals surface area contributed by atoms with Crippen LogP contribution >= 0.6 is 0 Å². The van der Waals surface area contributed by atoms with Crippen molar-refractivity contribution < 1.29 is 18.7 Å². The number of carbonyl (C=O) groups excluding carboxylic acids is 2. The fraction of sp³-hybridized carbons (Fsp3) is 0.133. The van der Waals surface area contributed by atoms with Crippen LogP contribution in [-0.2, 0) is 6.54 Å². The number of halogens is 1. The van der Waals surface area contributed by atoms with E-state index in [1.54, 1.807) is 18.3 Å². The number of hydrogen-bond donors (Lipinski definition) is 3. The molecule has 2 aromatic rings. The summed E-state index contributed by atoms with van der Waals surface area (Å²) in [7, 11) is 1.51. The van der Waals surface area contributed by atoms with Crippen molar-refractivity contribution in [2.45, 2.75) is 6.54 Å². The maximum absolute atomic E-state index is 12.7. The lowest BCUT2D eigenvalue weighted by molar-refractivity contribution is 0.0936. The summed E-state index contributed by atoms with van der Waals surface area (Å²) in [5.74, 6) is -0.517. The van der Waals surface area contributed by atoms with Gasteiger partial charge in [-0.15, -0.1) is 0 Å². The van der Waals surface area contributed by atoms with Gasteiger partial charge in [0.2, 0.25) is 5.88 Å². The number of amides is 3. The Balaban J connectivity index is 1.76. The molecule has 0 spiro atoms. The first-order valence-corrected chi connectivity index (χ1v) is 6.67. The van der Waals surface area contributed by atoms with Crippen molar-refractivity contribution >= 4 is 11.9 Å². The smallest absolute Gasteiger partial charge is 0.333 e. The Morgan fingerprint density at radius 2 is 1.87 bits per heavy atom. The number of benzene rings is 1. The highest BCUT2D eigenvalue weighted by Crippen LogP contribution is 2.06. The zero-order valence-corrected chi connectivity index (χ0v) is 12.3. The lowest BCUT2D eigenvalue weighted by Crippen LogP contribution is -2.46. The van der Waals surface area contributed by atoms with Crippen molar-refractivity contribution in [1.29, 1.82) is 0 Å². The normalized spacial score (nSPS) is 9.83.